The second kappa shape index (κ2) is 14.2. The van der Waals surface area contributed by atoms with Gasteiger partial charge in [-0.15, -0.1) is 0 Å². The molecular formula is C34H46N2O5. The fourth-order valence-electron chi connectivity index (χ4n) is 6.55. The molecule has 3 aliphatic rings. The molecule has 0 aromatic heterocycles. The first-order valence-electron chi connectivity index (χ1n) is 15.6. The van der Waals surface area contributed by atoms with Crippen LogP contribution in [0.1, 0.15) is 86.0 Å². The van der Waals surface area contributed by atoms with Gasteiger partial charge in [-0.05, 0) is 112 Å². The topological polar surface area (TPSA) is 79.3 Å². The lowest BCUT2D eigenvalue weighted by atomic mass is 9.91. The molecule has 7 heteroatoms. The van der Waals surface area contributed by atoms with Crippen molar-refractivity contribution in [3.05, 3.63) is 53.6 Å². The van der Waals surface area contributed by atoms with E-state index in [0.717, 1.165) is 93.1 Å². The fraction of sp³-hybridized carbons (Fsp3) is 0.588. The number of Topliss-reactive ketones (excluding diaryl/α,β-unsaturated/α-hetero) is 1. The number of hydrogen-bond acceptors (Lipinski definition) is 6. The number of methoxy groups -OCH3 is 1. The molecule has 5 rings (SSSR count). The number of carboxylic acids is 1. The largest absolute Gasteiger partial charge is 0.497 e. The van der Waals surface area contributed by atoms with Crippen molar-refractivity contribution in [1.82, 2.24) is 4.90 Å². The molecule has 2 heterocycles. The quantitative estimate of drug-likeness (QED) is 0.267. The Hall–Kier alpha value is -3.06. The maximum absolute atomic E-state index is 13.3. The van der Waals surface area contributed by atoms with Gasteiger partial charge in [0.1, 0.15) is 11.5 Å². The minimum atomic E-state index is -0.738. The van der Waals surface area contributed by atoms with Gasteiger partial charge in [0.2, 0.25) is 0 Å². The van der Waals surface area contributed by atoms with E-state index in [1.807, 2.05) is 42.5 Å². The Kier molecular flexibility index (Phi) is 10.2. The molecular weight excluding hydrogens is 516 g/mol. The predicted molar refractivity (Wildman–Crippen MR) is 161 cm³/mol. The first kappa shape index (κ1) is 29.4. The van der Waals surface area contributed by atoms with Gasteiger partial charge in [-0.3, -0.25) is 9.59 Å². The number of carbonyl (C=O) groups excluding carboxylic acids is 1. The zero-order chi connectivity index (χ0) is 28.6. The van der Waals surface area contributed by atoms with E-state index in [1.54, 1.807) is 7.11 Å². The van der Waals surface area contributed by atoms with Crippen LogP contribution >= 0.6 is 0 Å². The summed E-state index contributed by atoms with van der Waals surface area (Å²) in [6.07, 6.45) is 9.75. The van der Waals surface area contributed by atoms with Gasteiger partial charge in [0.15, 0.2) is 5.78 Å². The summed E-state index contributed by atoms with van der Waals surface area (Å²) in [5.41, 5.74) is 2.87. The molecule has 222 valence electrons. The molecule has 0 amide bonds. The molecule has 2 aromatic carbocycles. The maximum atomic E-state index is 13.3. The van der Waals surface area contributed by atoms with Crippen LogP contribution in [0.2, 0.25) is 0 Å². The molecule has 7 nitrogen and oxygen atoms in total. The average molecular weight is 563 g/mol. The number of ketones is 1. The maximum Gasteiger partial charge on any atom is 0.303 e. The van der Waals surface area contributed by atoms with Gasteiger partial charge in [-0.1, -0.05) is 18.6 Å². The number of anilines is 1. The van der Waals surface area contributed by atoms with E-state index < -0.39 is 5.97 Å². The molecule has 0 spiro atoms. The van der Waals surface area contributed by atoms with Gasteiger partial charge >= 0.3 is 5.97 Å². The fourth-order valence-corrected chi connectivity index (χ4v) is 6.55. The summed E-state index contributed by atoms with van der Waals surface area (Å²) in [7, 11) is 1.67. The number of piperidine rings is 2. The zero-order valence-corrected chi connectivity index (χ0v) is 24.6. The summed E-state index contributed by atoms with van der Waals surface area (Å²) in [6.45, 7) is 5.72. The summed E-state index contributed by atoms with van der Waals surface area (Å²) in [5, 5.41) is 9.37. The number of rotatable bonds is 14. The highest BCUT2D eigenvalue weighted by molar-refractivity contribution is 6.01. The van der Waals surface area contributed by atoms with E-state index >= 15 is 0 Å². The van der Waals surface area contributed by atoms with Crippen LogP contribution in [0.5, 0.6) is 11.5 Å². The molecule has 0 bridgehead atoms. The summed E-state index contributed by atoms with van der Waals surface area (Å²) < 4.78 is 11.7. The van der Waals surface area contributed by atoms with Gasteiger partial charge in [0, 0.05) is 31.1 Å². The van der Waals surface area contributed by atoms with E-state index in [-0.39, 0.29) is 18.1 Å². The summed E-state index contributed by atoms with van der Waals surface area (Å²) in [5.74, 6) is 2.07. The van der Waals surface area contributed by atoms with Gasteiger partial charge in [-0.2, -0.15) is 0 Å². The van der Waals surface area contributed by atoms with Crippen LogP contribution in [0.15, 0.2) is 42.5 Å². The van der Waals surface area contributed by atoms with Crippen molar-refractivity contribution in [2.75, 3.05) is 51.3 Å². The number of carboxylic acid groups (broad SMARTS) is 1. The first-order valence-corrected chi connectivity index (χ1v) is 15.6. The molecule has 1 aliphatic carbocycles. The molecule has 3 fully saturated rings. The highest BCUT2D eigenvalue weighted by Gasteiger charge is 2.34. The number of likely N-dealkylation sites (tertiary alicyclic amines) is 1. The third-order valence-corrected chi connectivity index (χ3v) is 9.14. The molecule has 2 aromatic rings. The standard InChI is InChI=1S/C34H46N2O5/c1-40-28-12-13-30(33(37)9-6-18-35-16-3-2-4-17-35)32(22-28)36-19-14-25(15-20-36)24-41-29-8-5-7-27(21-29)31(23-34(38)39)26-10-11-26/h5,7-8,12-13,21-22,25-26,31H,2-4,6,9-11,14-20,23-24H2,1H3,(H,38,39). The number of hydrogen-bond donors (Lipinski definition) is 1. The van der Waals surface area contributed by atoms with Crippen LogP contribution in [-0.4, -0.2) is 68.2 Å². The summed E-state index contributed by atoms with van der Waals surface area (Å²) in [6, 6.07) is 13.9. The Morgan fingerprint density at radius 3 is 2.44 bits per heavy atom. The average Bonchev–Trinajstić information content (AvgIpc) is 3.85. The second-order valence-electron chi connectivity index (χ2n) is 12.2. The number of carbonyl (C=O) groups is 2. The Balaban J connectivity index is 1.14. The third-order valence-electron chi connectivity index (χ3n) is 9.14. The van der Waals surface area contributed by atoms with Crippen molar-refractivity contribution in [2.45, 2.75) is 70.1 Å². The van der Waals surface area contributed by atoms with Crippen LogP contribution in [0.25, 0.3) is 0 Å². The number of benzene rings is 2. The third kappa shape index (κ3) is 8.25. The van der Waals surface area contributed by atoms with Gasteiger partial charge in [-0.25, -0.2) is 0 Å². The molecule has 2 aliphatic heterocycles. The van der Waals surface area contributed by atoms with Gasteiger partial charge in [0.05, 0.1) is 25.8 Å². The molecule has 1 atom stereocenters. The van der Waals surface area contributed by atoms with Crippen LogP contribution in [0, 0.1) is 11.8 Å². The van der Waals surface area contributed by atoms with Gasteiger partial charge in [0.25, 0.3) is 0 Å². The number of nitrogens with zero attached hydrogens (tertiary/aromatic N) is 2. The molecule has 2 saturated heterocycles. The molecule has 41 heavy (non-hydrogen) atoms. The molecule has 1 N–H and O–H groups in total. The molecule has 0 radical (unpaired) electrons. The van der Waals surface area contributed by atoms with Crippen LogP contribution in [0.4, 0.5) is 5.69 Å². The van der Waals surface area contributed by atoms with E-state index in [1.165, 1.54) is 19.3 Å². The lowest BCUT2D eigenvalue weighted by Gasteiger charge is -2.34. The lowest BCUT2D eigenvalue weighted by molar-refractivity contribution is -0.137. The smallest absolute Gasteiger partial charge is 0.303 e. The van der Waals surface area contributed by atoms with E-state index in [0.29, 0.717) is 24.9 Å². The second-order valence-corrected chi connectivity index (χ2v) is 12.2. The normalized spacial score (nSPS) is 19.1. The van der Waals surface area contributed by atoms with E-state index in [4.69, 9.17) is 9.47 Å². The lowest BCUT2D eigenvalue weighted by Crippen LogP contribution is -2.36. The predicted octanol–water partition coefficient (Wildman–Crippen LogP) is 6.41. The van der Waals surface area contributed by atoms with Crippen LogP contribution in [-0.2, 0) is 4.79 Å². The monoisotopic (exact) mass is 562 g/mol. The Labute approximate surface area is 244 Å². The van der Waals surface area contributed by atoms with Crippen molar-refractivity contribution in [3.63, 3.8) is 0 Å². The van der Waals surface area contributed by atoms with Gasteiger partial charge < -0.3 is 24.4 Å². The Morgan fingerprint density at radius 2 is 1.73 bits per heavy atom. The van der Waals surface area contributed by atoms with Crippen LogP contribution < -0.4 is 14.4 Å². The SMILES string of the molecule is COc1ccc(C(=O)CCCN2CCCCC2)c(N2CCC(COc3cccc(C(CC(=O)O)C4CC4)c3)CC2)c1. The van der Waals surface area contributed by atoms with Crippen molar-refractivity contribution in [1.29, 1.82) is 0 Å². The van der Waals surface area contributed by atoms with Crippen molar-refractivity contribution < 1.29 is 24.2 Å². The molecule has 1 unspecified atom stereocenters. The minimum absolute atomic E-state index is 0.0730. The highest BCUT2D eigenvalue weighted by atomic mass is 16.5. The Morgan fingerprint density at radius 1 is 0.951 bits per heavy atom. The first-order chi connectivity index (χ1) is 20.0. The number of aliphatic carboxylic acids is 1. The highest BCUT2D eigenvalue weighted by Crippen LogP contribution is 2.45. The van der Waals surface area contributed by atoms with Crippen molar-refractivity contribution in [3.8, 4) is 11.5 Å². The zero-order valence-electron chi connectivity index (χ0n) is 24.6. The van der Waals surface area contributed by atoms with E-state index in [9.17, 15) is 14.7 Å². The minimum Gasteiger partial charge on any atom is -0.497 e. The Bertz CT molecular complexity index is 1170. The van der Waals surface area contributed by atoms with Crippen molar-refractivity contribution >= 4 is 17.4 Å². The molecule has 1 saturated carbocycles. The number of ether oxygens (including phenoxy) is 2. The summed E-state index contributed by atoms with van der Waals surface area (Å²) in [4.78, 5) is 29.5. The van der Waals surface area contributed by atoms with Crippen molar-refractivity contribution in [2.24, 2.45) is 11.8 Å². The van der Waals surface area contributed by atoms with E-state index in [2.05, 4.69) is 9.80 Å². The summed E-state index contributed by atoms with van der Waals surface area (Å²) >= 11 is 0. The van der Waals surface area contributed by atoms with Crippen LogP contribution in [0.3, 0.4) is 0 Å².